The van der Waals surface area contributed by atoms with E-state index in [4.69, 9.17) is 0 Å². The first-order valence-corrected chi connectivity index (χ1v) is 2.78. The van der Waals surface area contributed by atoms with Crippen molar-refractivity contribution in [3.63, 3.8) is 0 Å². The van der Waals surface area contributed by atoms with Gasteiger partial charge in [-0.3, -0.25) is 5.01 Å². The van der Waals surface area contributed by atoms with Gasteiger partial charge < -0.3 is 0 Å². The average Bonchev–Trinajstić information content (AvgIpc) is 1.84. The molecule has 0 rings (SSSR count). The van der Waals surface area contributed by atoms with Crippen LogP contribution in [0.15, 0.2) is 5.29 Å². The van der Waals surface area contributed by atoms with Crippen molar-refractivity contribution >= 4 is 0 Å². The molecule has 8 heavy (non-hydrogen) atoms. The van der Waals surface area contributed by atoms with E-state index in [0.29, 0.717) is 0 Å². The second kappa shape index (κ2) is 3.41. The first-order valence-electron chi connectivity index (χ1n) is 2.78. The SMILES string of the molecule is CCC(C)N(C)N=O. The van der Waals surface area contributed by atoms with Gasteiger partial charge in [0, 0.05) is 13.1 Å². The maximum absolute atomic E-state index is 9.78. The molecule has 1 atom stereocenters. The highest BCUT2D eigenvalue weighted by atomic mass is 16.3. The van der Waals surface area contributed by atoms with Gasteiger partial charge >= 0.3 is 0 Å². The van der Waals surface area contributed by atoms with Crippen LogP contribution in [-0.2, 0) is 0 Å². The molecular weight excluding hydrogens is 104 g/mol. The summed E-state index contributed by atoms with van der Waals surface area (Å²) in [5.74, 6) is 0. The molecule has 48 valence electrons. The Hall–Kier alpha value is -0.600. The maximum atomic E-state index is 9.78. The van der Waals surface area contributed by atoms with Gasteiger partial charge in [0.1, 0.15) is 0 Å². The van der Waals surface area contributed by atoms with Crippen molar-refractivity contribution in [3.8, 4) is 0 Å². The van der Waals surface area contributed by atoms with Crippen LogP contribution in [0.5, 0.6) is 0 Å². The lowest BCUT2D eigenvalue weighted by Crippen LogP contribution is -2.21. The Bertz CT molecular complexity index is 74.8. The molecule has 0 spiro atoms. The van der Waals surface area contributed by atoms with Gasteiger partial charge in [0.05, 0.1) is 5.29 Å². The van der Waals surface area contributed by atoms with Crippen LogP contribution in [0.2, 0.25) is 0 Å². The fraction of sp³-hybridized carbons (Fsp3) is 1.00. The van der Waals surface area contributed by atoms with Crippen molar-refractivity contribution in [1.82, 2.24) is 5.01 Å². The molecule has 0 radical (unpaired) electrons. The van der Waals surface area contributed by atoms with E-state index in [1.54, 1.807) is 7.05 Å². The summed E-state index contributed by atoms with van der Waals surface area (Å²) >= 11 is 0. The highest BCUT2D eigenvalue weighted by molar-refractivity contribution is 4.53. The van der Waals surface area contributed by atoms with Gasteiger partial charge in [-0.05, 0) is 13.3 Å². The summed E-state index contributed by atoms with van der Waals surface area (Å²) in [6, 6.07) is 0.271. The summed E-state index contributed by atoms with van der Waals surface area (Å²) in [7, 11) is 1.68. The zero-order chi connectivity index (χ0) is 6.57. The van der Waals surface area contributed by atoms with Gasteiger partial charge in [0.15, 0.2) is 0 Å². The number of hydrogen-bond acceptors (Lipinski definition) is 2. The Morgan fingerprint density at radius 3 is 2.38 bits per heavy atom. The Kier molecular flexibility index (Phi) is 3.15. The third-order valence-electron chi connectivity index (χ3n) is 1.36. The van der Waals surface area contributed by atoms with Crippen molar-refractivity contribution in [3.05, 3.63) is 4.91 Å². The quantitative estimate of drug-likeness (QED) is 0.412. The van der Waals surface area contributed by atoms with E-state index >= 15 is 0 Å². The molecule has 0 aromatic rings. The maximum Gasteiger partial charge on any atom is 0.0523 e. The molecule has 0 aliphatic heterocycles. The van der Waals surface area contributed by atoms with Gasteiger partial charge in [0.25, 0.3) is 0 Å². The molecule has 0 amide bonds. The van der Waals surface area contributed by atoms with Crippen LogP contribution in [-0.4, -0.2) is 18.1 Å². The van der Waals surface area contributed by atoms with Gasteiger partial charge in [0.2, 0.25) is 0 Å². The van der Waals surface area contributed by atoms with Crippen LogP contribution in [0, 0.1) is 4.91 Å². The van der Waals surface area contributed by atoms with E-state index in [2.05, 4.69) is 5.29 Å². The smallest absolute Gasteiger partial charge is 0.0523 e. The van der Waals surface area contributed by atoms with Crippen molar-refractivity contribution in [2.45, 2.75) is 26.3 Å². The molecule has 3 heteroatoms. The summed E-state index contributed by atoms with van der Waals surface area (Å²) in [4.78, 5) is 9.78. The molecule has 0 N–H and O–H groups in total. The molecule has 0 fully saturated rings. The molecule has 0 bridgehead atoms. The summed E-state index contributed by atoms with van der Waals surface area (Å²) in [6.45, 7) is 3.98. The Balaban J connectivity index is 3.44. The summed E-state index contributed by atoms with van der Waals surface area (Å²) in [6.07, 6.45) is 0.961. The van der Waals surface area contributed by atoms with Crippen molar-refractivity contribution in [2.75, 3.05) is 7.05 Å². The van der Waals surface area contributed by atoms with Gasteiger partial charge in [-0.15, -0.1) is 4.91 Å². The normalized spacial score (nSPS) is 12.9. The number of nitroso groups, excluding NO2 is 1. The molecule has 1 unspecified atom stereocenters. The third-order valence-corrected chi connectivity index (χ3v) is 1.36. The highest BCUT2D eigenvalue weighted by Crippen LogP contribution is 1.98. The number of hydrogen-bond donors (Lipinski definition) is 0. The van der Waals surface area contributed by atoms with Crippen molar-refractivity contribution in [1.29, 1.82) is 0 Å². The zero-order valence-corrected chi connectivity index (χ0v) is 5.59. The molecular formula is C5H12N2O. The standard InChI is InChI=1S/C5H12N2O/c1-4-5(2)7(3)6-8/h5H,4H2,1-3H3. The van der Waals surface area contributed by atoms with Crippen LogP contribution in [0.3, 0.4) is 0 Å². The summed E-state index contributed by atoms with van der Waals surface area (Å²) in [5.41, 5.74) is 0. The largest absolute Gasteiger partial charge is 0.261 e. The van der Waals surface area contributed by atoms with Gasteiger partial charge in [-0.2, -0.15) is 0 Å². The van der Waals surface area contributed by atoms with E-state index < -0.39 is 0 Å². The minimum absolute atomic E-state index is 0.271. The summed E-state index contributed by atoms with van der Waals surface area (Å²) < 4.78 is 0. The second-order valence-electron chi connectivity index (χ2n) is 1.91. The topological polar surface area (TPSA) is 32.7 Å². The third kappa shape index (κ3) is 1.91. The van der Waals surface area contributed by atoms with E-state index in [-0.39, 0.29) is 6.04 Å². The molecule has 0 aliphatic rings. The van der Waals surface area contributed by atoms with E-state index in [1.807, 2.05) is 13.8 Å². The molecule has 0 saturated heterocycles. The number of rotatable bonds is 3. The van der Waals surface area contributed by atoms with E-state index in [0.717, 1.165) is 6.42 Å². The first-order chi connectivity index (χ1) is 3.72. The lowest BCUT2D eigenvalue weighted by atomic mass is 10.3. The minimum atomic E-state index is 0.271. The zero-order valence-electron chi connectivity index (χ0n) is 5.59. The van der Waals surface area contributed by atoms with Crippen molar-refractivity contribution in [2.24, 2.45) is 5.29 Å². The Labute approximate surface area is 49.6 Å². The second-order valence-corrected chi connectivity index (χ2v) is 1.91. The molecule has 0 aromatic carbocycles. The van der Waals surface area contributed by atoms with Gasteiger partial charge in [-0.25, -0.2) is 0 Å². The molecule has 3 nitrogen and oxygen atoms in total. The number of nitrogens with zero attached hydrogens (tertiary/aromatic N) is 2. The molecule has 0 aliphatic carbocycles. The van der Waals surface area contributed by atoms with Gasteiger partial charge in [-0.1, -0.05) is 6.92 Å². The molecule has 0 saturated carbocycles. The Morgan fingerprint density at radius 2 is 2.25 bits per heavy atom. The fourth-order valence-corrected chi connectivity index (χ4v) is 0.345. The first kappa shape index (κ1) is 7.40. The van der Waals surface area contributed by atoms with E-state index in [9.17, 15) is 4.91 Å². The van der Waals surface area contributed by atoms with Crippen LogP contribution < -0.4 is 0 Å². The predicted molar refractivity (Wildman–Crippen MR) is 33.3 cm³/mol. The average molecular weight is 116 g/mol. The molecule has 0 aromatic heterocycles. The lowest BCUT2D eigenvalue weighted by molar-refractivity contribution is 0.260. The van der Waals surface area contributed by atoms with Crippen LogP contribution >= 0.6 is 0 Å². The van der Waals surface area contributed by atoms with E-state index in [1.165, 1.54) is 5.01 Å². The van der Waals surface area contributed by atoms with Crippen LogP contribution in [0.4, 0.5) is 0 Å². The predicted octanol–water partition coefficient (Wildman–Crippen LogP) is 1.40. The van der Waals surface area contributed by atoms with Crippen LogP contribution in [0.1, 0.15) is 20.3 Å². The Morgan fingerprint density at radius 1 is 1.75 bits per heavy atom. The monoisotopic (exact) mass is 116 g/mol. The highest BCUT2D eigenvalue weighted by Gasteiger charge is 2.02. The van der Waals surface area contributed by atoms with Crippen LogP contribution in [0.25, 0.3) is 0 Å². The lowest BCUT2D eigenvalue weighted by Gasteiger charge is -2.14. The summed E-state index contributed by atoms with van der Waals surface area (Å²) in [5, 5.41) is 4.16. The molecule has 0 heterocycles. The fourth-order valence-electron chi connectivity index (χ4n) is 0.345. The van der Waals surface area contributed by atoms with Crippen molar-refractivity contribution < 1.29 is 0 Å². The minimum Gasteiger partial charge on any atom is -0.261 e.